The van der Waals surface area contributed by atoms with Gasteiger partial charge in [0, 0.05) is 17.7 Å². The number of methoxy groups -OCH3 is 2. The highest BCUT2D eigenvalue weighted by molar-refractivity contribution is 6.46. The summed E-state index contributed by atoms with van der Waals surface area (Å²) >= 11 is 0. The molecule has 30 heavy (non-hydrogen) atoms. The first-order chi connectivity index (χ1) is 14.3. The number of amides is 1. The van der Waals surface area contributed by atoms with Gasteiger partial charge in [0.15, 0.2) is 0 Å². The molecule has 1 saturated heterocycles. The van der Waals surface area contributed by atoms with E-state index < -0.39 is 23.8 Å². The maximum atomic E-state index is 13.0. The van der Waals surface area contributed by atoms with Gasteiger partial charge in [0.05, 0.1) is 31.9 Å². The number of likely N-dealkylation sites (tertiary alicyclic amines) is 1. The van der Waals surface area contributed by atoms with Crippen LogP contribution in [0.25, 0.3) is 5.76 Å². The molecule has 0 aromatic heterocycles. The minimum Gasteiger partial charge on any atom is -0.507 e. The number of hydrogen-bond acceptors (Lipinski definition) is 6. The van der Waals surface area contributed by atoms with Crippen LogP contribution in [0.4, 0.5) is 0 Å². The van der Waals surface area contributed by atoms with E-state index >= 15 is 0 Å². The molecule has 0 aliphatic carbocycles. The van der Waals surface area contributed by atoms with E-state index in [0.29, 0.717) is 22.6 Å². The Morgan fingerprint density at radius 1 is 1.10 bits per heavy atom. The lowest BCUT2D eigenvalue weighted by atomic mass is 9.94. The molecule has 2 aromatic carbocycles. The monoisotopic (exact) mass is 411 g/mol. The van der Waals surface area contributed by atoms with Gasteiger partial charge in [0.25, 0.3) is 11.7 Å². The van der Waals surface area contributed by atoms with Gasteiger partial charge in [-0.15, -0.1) is 0 Å². The maximum Gasteiger partial charge on any atom is 0.295 e. The van der Waals surface area contributed by atoms with Crippen molar-refractivity contribution in [1.82, 2.24) is 4.90 Å². The van der Waals surface area contributed by atoms with Crippen LogP contribution in [0.3, 0.4) is 0 Å². The zero-order valence-corrected chi connectivity index (χ0v) is 17.4. The van der Waals surface area contributed by atoms with E-state index in [-0.39, 0.29) is 17.9 Å². The van der Waals surface area contributed by atoms with Crippen LogP contribution in [0, 0.1) is 6.92 Å². The smallest absolute Gasteiger partial charge is 0.295 e. The number of ketones is 1. The number of hydrogen-bond donors (Lipinski definition) is 2. The molecule has 2 aromatic rings. The number of aliphatic hydroxyl groups is 2. The van der Waals surface area contributed by atoms with Crippen molar-refractivity contribution in [3.8, 4) is 11.5 Å². The molecule has 158 valence electrons. The van der Waals surface area contributed by atoms with Gasteiger partial charge in [-0.3, -0.25) is 9.59 Å². The summed E-state index contributed by atoms with van der Waals surface area (Å²) in [5.41, 5.74) is 1.83. The molecule has 2 unspecified atom stereocenters. The second-order valence-electron chi connectivity index (χ2n) is 7.27. The number of carbonyl (C=O) groups is 2. The summed E-state index contributed by atoms with van der Waals surface area (Å²) in [5.74, 6) is -0.962. The first kappa shape index (κ1) is 21.4. The van der Waals surface area contributed by atoms with E-state index in [1.165, 1.54) is 26.0 Å². The van der Waals surface area contributed by atoms with Gasteiger partial charge in [0.1, 0.15) is 17.3 Å². The number of β-amino-alcohol motifs (C(OH)–C–C–N with tert-alkyl or cyclic N) is 1. The molecular formula is C23H25NO6. The number of ether oxygens (including phenoxy) is 2. The molecule has 1 heterocycles. The molecular weight excluding hydrogens is 386 g/mol. The summed E-state index contributed by atoms with van der Waals surface area (Å²) < 4.78 is 10.8. The van der Waals surface area contributed by atoms with Crippen LogP contribution in [-0.4, -0.2) is 53.7 Å². The van der Waals surface area contributed by atoms with E-state index in [1.54, 1.807) is 30.3 Å². The Labute approximate surface area is 175 Å². The highest BCUT2D eigenvalue weighted by atomic mass is 16.5. The lowest BCUT2D eigenvalue weighted by Crippen LogP contribution is -2.35. The number of benzene rings is 2. The van der Waals surface area contributed by atoms with Crippen LogP contribution in [0.1, 0.15) is 29.7 Å². The summed E-state index contributed by atoms with van der Waals surface area (Å²) in [6.07, 6.45) is -0.873. The lowest BCUT2D eigenvalue weighted by Gasteiger charge is -2.27. The highest BCUT2D eigenvalue weighted by Gasteiger charge is 2.47. The van der Waals surface area contributed by atoms with Crippen LogP contribution < -0.4 is 9.47 Å². The van der Waals surface area contributed by atoms with Crippen molar-refractivity contribution in [2.24, 2.45) is 0 Å². The fraction of sp³-hybridized carbons (Fsp3) is 0.304. The highest BCUT2D eigenvalue weighted by Crippen LogP contribution is 2.43. The van der Waals surface area contributed by atoms with E-state index in [9.17, 15) is 19.8 Å². The van der Waals surface area contributed by atoms with Crippen molar-refractivity contribution in [3.05, 3.63) is 64.7 Å². The zero-order chi connectivity index (χ0) is 22.0. The van der Waals surface area contributed by atoms with Crippen LogP contribution in [-0.2, 0) is 9.59 Å². The topological polar surface area (TPSA) is 96.3 Å². The number of Topliss-reactive ketones (excluding diaryl/α,β-unsaturated/α-hetero) is 1. The quantitative estimate of drug-likeness (QED) is 0.431. The van der Waals surface area contributed by atoms with Gasteiger partial charge in [-0.05, 0) is 32.0 Å². The van der Waals surface area contributed by atoms with Crippen molar-refractivity contribution in [3.63, 3.8) is 0 Å². The third-order valence-corrected chi connectivity index (χ3v) is 5.06. The van der Waals surface area contributed by atoms with Crippen molar-refractivity contribution < 1.29 is 29.3 Å². The van der Waals surface area contributed by atoms with Gasteiger partial charge in [-0.2, -0.15) is 0 Å². The Hall–Kier alpha value is -3.32. The average Bonchev–Trinajstić information content (AvgIpc) is 2.97. The van der Waals surface area contributed by atoms with Crippen molar-refractivity contribution in [1.29, 1.82) is 0 Å². The minimum atomic E-state index is -0.939. The summed E-state index contributed by atoms with van der Waals surface area (Å²) in [6.45, 7) is 3.35. The Morgan fingerprint density at radius 2 is 1.77 bits per heavy atom. The summed E-state index contributed by atoms with van der Waals surface area (Å²) in [7, 11) is 2.98. The third kappa shape index (κ3) is 3.89. The van der Waals surface area contributed by atoms with Gasteiger partial charge in [-0.25, -0.2) is 0 Å². The van der Waals surface area contributed by atoms with Crippen LogP contribution in [0.2, 0.25) is 0 Å². The molecule has 0 radical (unpaired) electrons. The first-order valence-corrected chi connectivity index (χ1v) is 9.54. The summed E-state index contributed by atoms with van der Waals surface area (Å²) in [5, 5.41) is 21.0. The molecule has 0 bridgehead atoms. The molecule has 7 heteroatoms. The van der Waals surface area contributed by atoms with Crippen molar-refractivity contribution in [2.75, 3.05) is 20.8 Å². The summed E-state index contributed by atoms with van der Waals surface area (Å²) in [6, 6.07) is 11.1. The van der Waals surface area contributed by atoms with E-state index in [2.05, 4.69) is 0 Å². The molecule has 1 amide bonds. The summed E-state index contributed by atoms with van der Waals surface area (Å²) in [4.78, 5) is 27.0. The number of aryl methyl sites for hydroxylation is 1. The third-order valence-electron chi connectivity index (χ3n) is 5.06. The molecule has 3 rings (SSSR count). The standard InChI is InChI=1S/C23H25NO6/c1-13-5-7-15(8-6-13)21(26)19-20(24(12-14(2)25)23(28)22(19)27)17-11-16(29-3)9-10-18(17)30-4/h5-11,14,20,25-26H,12H2,1-4H3/b21-19+. The van der Waals surface area contributed by atoms with Crippen LogP contribution >= 0.6 is 0 Å². The molecule has 1 fully saturated rings. The second-order valence-corrected chi connectivity index (χ2v) is 7.27. The predicted molar refractivity (Wildman–Crippen MR) is 111 cm³/mol. The average molecular weight is 411 g/mol. The zero-order valence-electron chi connectivity index (χ0n) is 17.4. The van der Waals surface area contributed by atoms with E-state index in [4.69, 9.17) is 9.47 Å². The molecule has 0 spiro atoms. The van der Waals surface area contributed by atoms with Gasteiger partial charge < -0.3 is 24.6 Å². The largest absolute Gasteiger partial charge is 0.507 e. The van der Waals surface area contributed by atoms with E-state index in [1.807, 2.05) is 19.1 Å². The lowest BCUT2D eigenvalue weighted by molar-refractivity contribution is -0.140. The Kier molecular flexibility index (Phi) is 6.12. The molecule has 7 nitrogen and oxygen atoms in total. The number of aliphatic hydroxyl groups excluding tert-OH is 2. The van der Waals surface area contributed by atoms with Crippen LogP contribution in [0.15, 0.2) is 48.0 Å². The fourth-order valence-corrected chi connectivity index (χ4v) is 3.60. The Bertz CT molecular complexity index is 993. The van der Waals surface area contributed by atoms with Crippen molar-refractivity contribution >= 4 is 17.4 Å². The fourth-order valence-electron chi connectivity index (χ4n) is 3.60. The van der Waals surface area contributed by atoms with Gasteiger partial charge >= 0.3 is 0 Å². The Balaban J connectivity index is 2.27. The molecule has 1 aliphatic rings. The molecule has 0 saturated carbocycles. The van der Waals surface area contributed by atoms with Gasteiger partial charge in [-0.1, -0.05) is 29.8 Å². The number of carbonyl (C=O) groups excluding carboxylic acids is 2. The van der Waals surface area contributed by atoms with Crippen molar-refractivity contribution in [2.45, 2.75) is 26.0 Å². The molecule has 1 aliphatic heterocycles. The molecule has 2 N–H and O–H groups in total. The first-order valence-electron chi connectivity index (χ1n) is 9.54. The second kappa shape index (κ2) is 8.59. The minimum absolute atomic E-state index is 0.0592. The normalized spacial score (nSPS) is 19.1. The number of nitrogens with zero attached hydrogens (tertiary/aromatic N) is 1. The number of rotatable bonds is 6. The molecule has 2 atom stereocenters. The SMILES string of the molecule is COc1ccc(OC)c(C2/C(=C(\O)c3ccc(C)cc3)C(=O)C(=O)N2CC(C)O)c1. The van der Waals surface area contributed by atoms with E-state index in [0.717, 1.165) is 5.56 Å². The Morgan fingerprint density at radius 3 is 2.33 bits per heavy atom. The van der Waals surface area contributed by atoms with Gasteiger partial charge in [0.2, 0.25) is 0 Å². The van der Waals surface area contributed by atoms with Crippen LogP contribution in [0.5, 0.6) is 11.5 Å². The maximum absolute atomic E-state index is 13.0. The predicted octanol–water partition coefficient (Wildman–Crippen LogP) is 2.81.